The second-order valence-electron chi connectivity index (χ2n) is 9.41. The molecule has 0 unspecified atom stereocenters. The van der Waals surface area contributed by atoms with E-state index in [4.69, 9.17) is 5.73 Å². The number of hydrogen-bond acceptors (Lipinski definition) is 5. The zero-order valence-corrected chi connectivity index (χ0v) is 21.0. The second-order valence-corrected chi connectivity index (χ2v) is 9.41. The van der Waals surface area contributed by atoms with Crippen LogP contribution in [0.5, 0.6) is 0 Å². The molecule has 2 rings (SSSR count). The number of amides is 2. The Morgan fingerprint density at radius 3 is 2.39 bits per heavy atom. The Labute approximate surface area is 209 Å². The van der Waals surface area contributed by atoms with Gasteiger partial charge >= 0.3 is 6.18 Å². The Morgan fingerprint density at radius 2 is 1.78 bits per heavy atom. The minimum absolute atomic E-state index is 0.137. The number of nitrogen functional groups attached to an aromatic ring is 1. The van der Waals surface area contributed by atoms with E-state index in [9.17, 15) is 27.9 Å². The predicted octanol–water partition coefficient (Wildman–Crippen LogP) is 3.32. The maximum atomic E-state index is 13.0. The van der Waals surface area contributed by atoms with Gasteiger partial charge in [-0.2, -0.15) is 13.2 Å². The van der Waals surface area contributed by atoms with Crippen molar-refractivity contribution in [1.82, 2.24) is 16.0 Å². The molecule has 0 spiro atoms. The predicted molar refractivity (Wildman–Crippen MR) is 133 cm³/mol. The smallest absolute Gasteiger partial charge is 0.398 e. The summed E-state index contributed by atoms with van der Waals surface area (Å²) >= 11 is 0. The first-order valence-corrected chi connectivity index (χ1v) is 11.8. The van der Waals surface area contributed by atoms with Gasteiger partial charge in [0.25, 0.3) is 5.91 Å². The van der Waals surface area contributed by atoms with Crippen molar-refractivity contribution < 1.29 is 27.9 Å². The molecule has 0 fully saturated rings. The summed E-state index contributed by atoms with van der Waals surface area (Å²) in [4.78, 5) is 24.9. The Morgan fingerprint density at radius 1 is 1.08 bits per heavy atom. The molecule has 0 aromatic heterocycles. The van der Waals surface area contributed by atoms with Crippen molar-refractivity contribution in [3.63, 3.8) is 0 Å². The second kappa shape index (κ2) is 12.7. The third-order valence-corrected chi connectivity index (χ3v) is 5.74. The molecule has 0 heterocycles. The molecular formula is C26H35F3N4O3. The molecule has 7 nitrogen and oxygen atoms in total. The van der Waals surface area contributed by atoms with E-state index >= 15 is 0 Å². The molecule has 0 saturated heterocycles. The van der Waals surface area contributed by atoms with Crippen LogP contribution in [0.2, 0.25) is 0 Å². The Hall–Kier alpha value is -3.11. The summed E-state index contributed by atoms with van der Waals surface area (Å²) in [5, 5.41) is 18.9. The number of carbonyl (C=O) groups excluding carboxylic acids is 2. The van der Waals surface area contributed by atoms with E-state index in [0.717, 1.165) is 28.8 Å². The molecule has 0 bridgehead atoms. The fraction of sp³-hybridized carbons (Fsp3) is 0.462. The molecular weight excluding hydrogens is 473 g/mol. The van der Waals surface area contributed by atoms with Crippen LogP contribution in [0, 0.1) is 19.8 Å². The van der Waals surface area contributed by atoms with Gasteiger partial charge in [0.1, 0.15) is 0 Å². The highest BCUT2D eigenvalue weighted by Crippen LogP contribution is 2.31. The molecule has 198 valence electrons. The molecule has 0 saturated carbocycles. The monoisotopic (exact) mass is 508 g/mol. The number of alkyl halides is 3. The molecule has 2 aromatic carbocycles. The van der Waals surface area contributed by atoms with E-state index in [2.05, 4.69) is 22.0 Å². The average molecular weight is 509 g/mol. The van der Waals surface area contributed by atoms with Gasteiger partial charge in [-0.15, -0.1) is 0 Å². The first-order valence-electron chi connectivity index (χ1n) is 11.8. The number of anilines is 1. The maximum Gasteiger partial charge on any atom is 0.416 e. The van der Waals surface area contributed by atoms with Gasteiger partial charge in [0.2, 0.25) is 5.91 Å². The van der Waals surface area contributed by atoms with Crippen LogP contribution in [0.1, 0.15) is 52.9 Å². The zero-order valence-electron chi connectivity index (χ0n) is 21.0. The summed E-state index contributed by atoms with van der Waals surface area (Å²) in [6.07, 6.45) is -5.02. The SMILES string of the molecule is Cc1ccc(CNC[C@H](NC(=O)CNC(=O)c2cc(C(F)(F)F)ccc2N)[C@H](O)CC(C)C)c(C)c1. The average Bonchev–Trinajstić information content (AvgIpc) is 2.77. The first-order chi connectivity index (χ1) is 16.8. The zero-order chi connectivity index (χ0) is 27.0. The van der Waals surface area contributed by atoms with Crippen molar-refractivity contribution >= 4 is 17.5 Å². The highest BCUT2D eigenvalue weighted by atomic mass is 19.4. The van der Waals surface area contributed by atoms with E-state index in [-0.39, 0.29) is 23.7 Å². The van der Waals surface area contributed by atoms with Crippen molar-refractivity contribution in [2.75, 3.05) is 18.8 Å². The molecule has 2 atom stereocenters. The number of aliphatic hydroxyl groups is 1. The van der Waals surface area contributed by atoms with Gasteiger partial charge in [-0.05, 0) is 55.5 Å². The van der Waals surface area contributed by atoms with Crippen LogP contribution >= 0.6 is 0 Å². The van der Waals surface area contributed by atoms with E-state index in [1.807, 2.05) is 39.8 Å². The maximum absolute atomic E-state index is 13.0. The van der Waals surface area contributed by atoms with Gasteiger partial charge in [0, 0.05) is 18.8 Å². The summed E-state index contributed by atoms with van der Waals surface area (Å²) < 4.78 is 38.9. The highest BCUT2D eigenvalue weighted by Gasteiger charge is 2.31. The van der Waals surface area contributed by atoms with Crippen LogP contribution in [0.15, 0.2) is 36.4 Å². The van der Waals surface area contributed by atoms with E-state index in [0.29, 0.717) is 19.0 Å². The lowest BCUT2D eigenvalue weighted by Gasteiger charge is -2.26. The lowest BCUT2D eigenvalue weighted by molar-refractivity contribution is -0.137. The fourth-order valence-electron chi connectivity index (χ4n) is 3.78. The van der Waals surface area contributed by atoms with Gasteiger partial charge < -0.3 is 26.8 Å². The van der Waals surface area contributed by atoms with Crippen LogP contribution in [-0.2, 0) is 17.5 Å². The van der Waals surface area contributed by atoms with Gasteiger partial charge in [-0.3, -0.25) is 9.59 Å². The van der Waals surface area contributed by atoms with Crippen LogP contribution in [0.25, 0.3) is 0 Å². The Bertz CT molecular complexity index is 1060. The number of benzene rings is 2. The number of rotatable bonds is 11. The number of nitrogens with two attached hydrogens (primary N) is 1. The number of halogens is 3. The number of nitrogens with one attached hydrogen (secondary N) is 3. The molecule has 2 amide bonds. The third kappa shape index (κ3) is 8.83. The largest absolute Gasteiger partial charge is 0.416 e. The quantitative estimate of drug-likeness (QED) is 0.299. The van der Waals surface area contributed by atoms with E-state index in [1.165, 1.54) is 0 Å². The third-order valence-electron chi connectivity index (χ3n) is 5.74. The van der Waals surface area contributed by atoms with Crippen molar-refractivity contribution in [3.05, 3.63) is 64.2 Å². The van der Waals surface area contributed by atoms with Crippen molar-refractivity contribution in [1.29, 1.82) is 0 Å². The highest BCUT2D eigenvalue weighted by molar-refractivity contribution is 6.00. The van der Waals surface area contributed by atoms with Crippen molar-refractivity contribution in [2.45, 2.75) is 59.0 Å². The molecule has 10 heteroatoms. The minimum Gasteiger partial charge on any atom is -0.398 e. The van der Waals surface area contributed by atoms with Gasteiger partial charge in [0.05, 0.1) is 29.8 Å². The van der Waals surface area contributed by atoms with Crippen LogP contribution < -0.4 is 21.7 Å². The summed E-state index contributed by atoms with van der Waals surface area (Å²) in [6, 6.07) is 7.89. The summed E-state index contributed by atoms with van der Waals surface area (Å²) in [7, 11) is 0. The molecule has 0 aliphatic carbocycles. The fourth-order valence-corrected chi connectivity index (χ4v) is 3.78. The van der Waals surface area contributed by atoms with Gasteiger partial charge in [-0.1, -0.05) is 37.6 Å². The summed E-state index contributed by atoms with van der Waals surface area (Å²) in [5.74, 6) is -1.31. The standard InChI is InChI=1S/C26H35F3N4O3/c1-15(2)9-23(34)22(13-31-12-18-6-5-16(3)10-17(18)4)33-24(35)14-32-25(36)20-11-19(26(27,28)29)7-8-21(20)30/h5-8,10-11,15,22-23,31,34H,9,12-14,30H2,1-4H3,(H,32,36)(H,33,35)/t22-,23+/m0/s1. The lowest BCUT2D eigenvalue weighted by atomic mass is 9.99. The number of carbonyl (C=O) groups is 2. The van der Waals surface area contributed by atoms with Crippen LogP contribution in [-0.4, -0.2) is 42.2 Å². The van der Waals surface area contributed by atoms with Crippen molar-refractivity contribution in [2.24, 2.45) is 5.92 Å². The Balaban J connectivity index is 1.99. The molecule has 0 aliphatic heterocycles. The first kappa shape index (κ1) is 29.1. The topological polar surface area (TPSA) is 116 Å². The number of aliphatic hydroxyl groups excluding tert-OH is 1. The number of hydrogen-bond donors (Lipinski definition) is 5. The van der Waals surface area contributed by atoms with Crippen LogP contribution in [0.3, 0.4) is 0 Å². The minimum atomic E-state index is -4.63. The normalized spacial score (nSPS) is 13.4. The van der Waals surface area contributed by atoms with Gasteiger partial charge in [0.15, 0.2) is 0 Å². The number of aryl methyl sites for hydroxylation is 2. The van der Waals surface area contributed by atoms with E-state index < -0.39 is 42.2 Å². The van der Waals surface area contributed by atoms with Gasteiger partial charge in [-0.25, -0.2) is 0 Å². The van der Waals surface area contributed by atoms with Crippen molar-refractivity contribution in [3.8, 4) is 0 Å². The Kier molecular flexibility index (Phi) is 10.3. The summed E-state index contributed by atoms with van der Waals surface area (Å²) in [6.45, 7) is 8.25. The molecule has 36 heavy (non-hydrogen) atoms. The molecule has 0 radical (unpaired) electrons. The van der Waals surface area contributed by atoms with E-state index in [1.54, 1.807) is 0 Å². The molecule has 2 aromatic rings. The molecule has 6 N–H and O–H groups in total. The molecule has 0 aliphatic rings. The lowest BCUT2D eigenvalue weighted by Crippen LogP contribution is -2.52. The van der Waals surface area contributed by atoms with Crippen LogP contribution in [0.4, 0.5) is 18.9 Å². The summed E-state index contributed by atoms with van der Waals surface area (Å²) in [5.41, 5.74) is 7.51.